The molecule has 3 atom stereocenters. The van der Waals surface area contributed by atoms with Crippen molar-refractivity contribution in [2.24, 2.45) is 17.8 Å². The second-order valence-corrected chi connectivity index (χ2v) is 10.1. The van der Waals surface area contributed by atoms with Gasteiger partial charge in [0.2, 0.25) is 0 Å². The minimum absolute atomic E-state index is 0.0368. The summed E-state index contributed by atoms with van der Waals surface area (Å²) in [5.41, 5.74) is 0.0844. The van der Waals surface area contributed by atoms with Gasteiger partial charge in [0.25, 0.3) is 0 Å². The number of hydrogen-bond acceptors (Lipinski definition) is 6. The molecule has 0 aromatic carbocycles. The van der Waals surface area contributed by atoms with Crippen LogP contribution >= 0.6 is 23.1 Å². The molecule has 28 heavy (non-hydrogen) atoms. The van der Waals surface area contributed by atoms with Crippen LogP contribution in [0.2, 0.25) is 0 Å². The molecule has 0 bridgehead atoms. The van der Waals surface area contributed by atoms with Gasteiger partial charge in [0.05, 0.1) is 6.10 Å². The van der Waals surface area contributed by atoms with Gasteiger partial charge in [0, 0.05) is 23.5 Å². The molecule has 0 amide bonds. The maximum Gasteiger partial charge on any atom is 0.355 e. The van der Waals surface area contributed by atoms with Crippen LogP contribution in [0.1, 0.15) is 68.3 Å². The number of carboxylic acid groups (broad SMARTS) is 1. The van der Waals surface area contributed by atoms with E-state index in [1.165, 1.54) is 42.4 Å². The number of carboxylic acids is 1. The van der Waals surface area contributed by atoms with Gasteiger partial charge in [-0.25, -0.2) is 9.78 Å². The number of carbonyl (C=O) groups is 2. The highest BCUT2D eigenvalue weighted by Crippen LogP contribution is 2.35. The summed E-state index contributed by atoms with van der Waals surface area (Å²) in [6.45, 7) is 0. The molecule has 2 fully saturated rings. The van der Waals surface area contributed by atoms with Gasteiger partial charge in [-0.3, -0.25) is 4.79 Å². The van der Waals surface area contributed by atoms with Crippen LogP contribution in [-0.2, 0) is 4.79 Å². The first-order chi connectivity index (χ1) is 13.5. The van der Waals surface area contributed by atoms with Crippen LogP contribution in [-0.4, -0.2) is 38.8 Å². The standard InChI is InChI=1S/C21H29NO4S2/c23-16(9-7-14-3-1-4-14)6-2-5-15-8-10-19(24)17(15)11-12-27-21-22-18(13-28-21)20(25)26/h2,5,13-17,23H,1,3-4,6-12H2,(H,25,26)/t15-,16?,17+/m0/s1. The van der Waals surface area contributed by atoms with Crippen LogP contribution in [0.15, 0.2) is 21.9 Å². The van der Waals surface area contributed by atoms with E-state index in [0.717, 1.165) is 41.7 Å². The van der Waals surface area contributed by atoms with Crippen LogP contribution in [0.5, 0.6) is 0 Å². The molecule has 0 spiro atoms. The predicted molar refractivity (Wildman–Crippen MR) is 112 cm³/mol. The van der Waals surface area contributed by atoms with E-state index < -0.39 is 5.97 Å². The molecule has 1 unspecified atom stereocenters. The van der Waals surface area contributed by atoms with Gasteiger partial charge in [0.1, 0.15) is 5.78 Å². The van der Waals surface area contributed by atoms with Crippen molar-refractivity contribution < 1.29 is 19.8 Å². The van der Waals surface area contributed by atoms with Crippen LogP contribution in [0.25, 0.3) is 0 Å². The molecule has 1 aromatic heterocycles. The SMILES string of the molecule is O=C(O)c1csc(SCC[C@H]2C(=O)CC[C@@H]2C=CCC(O)CCC2CCC2)n1. The van der Waals surface area contributed by atoms with Gasteiger partial charge in [0.15, 0.2) is 10.0 Å². The monoisotopic (exact) mass is 423 g/mol. The maximum atomic E-state index is 12.3. The fraction of sp³-hybridized carbons (Fsp3) is 0.667. The first kappa shape index (κ1) is 21.5. The molecule has 0 saturated heterocycles. The molecular weight excluding hydrogens is 394 g/mol. The Balaban J connectivity index is 1.39. The number of aromatic nitrogens is 1. The fourth-order valence-corrected chi connectivity index (χ4v) is 5.87. The third-order valence-electron chi connectivity index (χ3n) is 5.94. The van der Waals surface area contributed by atoms with Crippen molar-refractivity contribution in [2.45, 2.75) is 68.2 Å². The number of rotatable bonds is 11. The summed E-state index contributed by atoms with van der Waals surface area (Å²) in [5, 5.41) is 20.6. The molecule has 2 aliphatic rings. The number of Topliss-reactive ketones (excluding diaryl/α,β-unsaturated/α-hetero) is 1. The van der Waals surface area contributed by atoms with Crippen molar-refractivity contribution in [3.05, 3.63) is 23.2 Å². The molecule has 1 heterocycles. The van der Waals surface area contributed by atoms with Gasteiger partial charge in [-0.2, -0.15) is 0 Å². The number of hydrogen-bond donors (Lipinski definition) is 2. The Hall–Kier alpha value is -1.18. The number of aliphatic hydroxyl groups is 1. The number of thioether (sulfide) groups is 1. The minimum Gasteiger partial charge on any atom is -0.476 e. The Labute approximate surface area is 174 Å². The number of carbonyl (C=O) groups excluding carboxylic acids is 1. The Morgan fingerprint density at radius 2 is 2.18 bits per heavy atom. The Morgan fingerprint density at radius 1 is 1.36 bits per heavy atom. The topological polar surface area (TPSA) is 87.5 Å². The van der Waals surface area contributed by atoms with Gasteiger partial charge in [-0.15, -0.1) is 11.3 Å². The smallest absolute Gasteiger partial charge is 0.355 e. The van der Waals surface area contributed by atoms with Crippen molar-refractivity contribution in [1.82, 2.24) is 4.98 Å². The number of aromatic carboxylic acids is 1. The minimum atomic E-state index is -1.01. The fourth-order valence-electron chi connectivity index (χ4n) is 3.97. The molecule has 5 nitrogen and oxygen atoms in total. The Morgan fingerprint density at radius 3 is 2.86 bits per heavy atom. The average Bonchev–Trinajstić information content (AvgIpc) is 3.22. The van der Waals surface area contributed by atoms with Crippen LogP contribution in [0.4, 0.5) is 0 Å². The predicted octanol–water partition coefficient (Wildman–Crippen LogP) is 4.81. The maximum absolute atomic E-state index is 12.3. The lowest BCUT2D eigenvalue weighted by molar-refractivity contribution is -0.121. The quantitative estimate of drug-likeness (QED) is 0.392. The lowest BCUT2D eigenvalue weighted by atomic mass is 9.81. The third kappa shape index (κ3) is 6.16. The number of allylic oxidation sites excluding steroid dienone is 1. The summed E-state index contributed by atoms with van der Waals surface area (Å²) in [6, 6.07) is 0. The van der Waals surface area contributed by atoms with E-state index in [1.807, 2.05) is 0 Å². The first-order valence-corrected chi connectivity index (χ1v) is 12.1. The summed E-state index contributed by atoms with van der Waals surface area (Å²) < 4.78 is 0.740. The van der Waals surface area contributed by atoms with Crippen LogP contribution in [0, 0.1) is 17.8 Å². The summed E-state index contributed by atoms with van der Waals surface area (Å²) in [7, 11) is 0. The van der Waals surface area contributed by atoms with E-state index in [1.54, 1.807) is 5.38 Å². The van der Waals surface area contributed by atoms with E-state index >= 15 is 0 Å². The second-order valence-electron chi connectivity index (χ2n) is 7.91. The van der Waals surface area contributed by atoms with Crippen LogP contribution < -0.4 is 0 Å². The largest absolute Gasteiger partial charge is 0.476 e. The van der Waals surface area contributed by atoms with Gasteiger partial charge in [-0.05, 0) is 43.9 Å². The van der Waals surface area contributed by atoms with E-state index in [2.05, 4.69) is 17.1 Å². The molecule has 1 aromatic rings. The van der Waals surface area contributed by atoms with E-state index in [-0.39, 0.29) is 23.6 Å². The summed E-state index contributed by atoms with van der Waals surface area (Å²) in [4.78, 5) is 27.2. The van der Waals surface area contributed by atoms with Gasteiger partial charge >= 0.3 is 5.97 Å². The lowest BCUT2D eigenvalue weighted by Gasteiger charge is -2.25. The normalized spacial score (nSPS) is 24.0. The molecule has 2 aliphatic carbocycles. The first-order valence-electron chi connectivity index (χ1n) is 10.2. The van der Waals surface area contributed by atoms with E-state index in [9.17, 15) is 14.7 Å². The van der Waals surface area contributed by atoms with Crippen molar-refractivity contribution in [2.75, 3.05) is 5.75 Å². The molecule has 154 valence electrons. The molecule has 0 aliphatic heterocycles. The van der Waals surface area contributed by atoms with Crippen molar-refractivity contribution in [1.29, 1.82) is 0 Å². The highest BCUT2D eigenvalue weighted by atomic mass is 32.2. The van der Waals surface area contributed by atoms with Gasteiger partial charge < -0.3 is 10.2 Å². The second kappa shape index (κ2) is 10.6. The van der Waals surface area contributed by atoms with Crippen LogP contribution in [0.3, 0.4) is 0 Å². The molecule has 3 rings (SSSR count). The molecule has 2 N–H and O–H groups in total. The number of nitrogens with zero attached hydrogens (tertiary/aromatic N) is 1. The molecule has 2 saturated carbocycles. The average molecular weight is 424 g/mol. The molecule has 7 heteroatoms. The number of aliphatic hydroxyl groups excluding tert-OH is 1. The zero-order valence-electron chi connectivity index (χ0n) is 16.1. The number of ketones is 1. The Kier molecular flexibility index (Phi) is 8.11. The molecule has 0 radical (unpaired) electrons. The molecular formula is C21H29NO4S2. The van der Waals surface area contributed by atoms with Crippen molar-refractivity contribution in [3.8, 4) is 0 Å². The van der Waals surface area contributed by atoms with E-state index in [0.29, 0.717) is 18.6 Å². The highest BCUT2D eigenvalue weighted by molar-refractivity contribution is 8.01. The highest BCUT2D eigenvalue weighted by Gasteiger charge is 2.32. The van der Waals surface area contributed by atoms with E-state index in [4.69, 9.17) is 5.11 Å². The lowest BCUT2D eigenvalue weighted by Crippen LogP contribution is -2.15. The zero-order valence-corrected chi connectivity index (χ0v) is 17.7. The third-order valence-corrected chi connectivity index (χ3v) is 7.99. The zero-order chi connectivity index (χ0) is 19.9. The van der Waals surface area contributed by atoms with Crippen molar-refractivity contribution >= 4 is 34.9 Å². The Bertz CT molecular complexity index is 698. The van der Waals surface area contributed by atoms with Gasteiger partial charge in [-0.1, -0.05) is 43.2 Å². The van der Waals surface area contributed by atoms with Crippen molar-refractivity contribution in [3.63, 3.8) is 0 Å². The number of thiazole rings is 1. The summed E-state index contributed by atoms with van der Waals surface area (Å²) in [6.07, 6.45) is 12.9. The summed E-state index contributed by atoms with van der Waals surface area (Å²) >= 11 is 2.86. The summed E-state index contributed by atoms with van der Waals surface area (Å²) in [5.74, 6) is 1.21.